The average molecular weight is 584 g/mol. The van der Waals surface area contributed by atoms with E-state index >= 15 is 0 Å². The molecule has 0 aliphatic heterocycles. The third-order valence-corrected chi connectivity index (χ3v) is 7.90. The van der Waals surface area contributed by atoms with E-state index in [1.54, 1.807) is 12.4 Å². The van der Waals surface area contributed by atoms with Gasteiger partial charge in [-0.15, -0.1) is 0 Å². The molecule has 43 heavy (non-hydrogen) atoms. The van der Waals surface area contributed by atoms with Gasteiger partial charge in [-0.1, -0.05) is 71.6 Å². The highest BCUT2D eigenvalue weighted by Gasteiger charge is 2.12. The molecular weight excluding hydrogens is 530 g/mol. The quantitative estimate of drug-likeness (QED) is 0.130. The molecule has 0 unspecified atom stereocenters. The first-order valence-corrected chi connectivity index (χ1v) is 16.5. The Morgan fingerprint density at radius 3 is 1.51 bits per heavy atom. The zero-order valence-electron chi connectivity index (χ0n) is 27.2. The molecule has 0 saturated carbocycles. The van der Waals surface area contributed by atoms with Crippen LogP contribution >= 0.6 is 0 Å². The van der Waals surface area contributed by atoms with E-state index in [0.717, 1.165) is 116 Å². The molecule has 232 valence electrons. The van der Waals surface area contributed by atoms with Crippen molar-refractivity contribution >= 4 is 23.8 Å². The second kappa shape index (κ2) is 18.3. The topological polar surface area (TPSA) is 77.2 Å². The second-order valence-corrected chi connectivity index (χ2v) is 11.7. The van der Waals surface area contributed by atoms with Crippen molar-refractivity contribution in [3.8, 4) is 11.5 Å². The summed E-state index contributed by atoms with van der Waals surface area (Å²) < 4.78 is 0. The number of unbranched alkanes of at least 4 members (excludes halogenated alkanes) is 4. The summed E-state index contributed by atoms with van der Waals surface area (Å²) in [4.78, 5) is 9.74. The van der Waals surface area contributed by atoms with Gasteiger partial charge in [-0.05, 0) is 110 Å². The van der Waals surface area contributed by atoms with Gasteiger partial charge in [-0.3, -0.25) is 9.98 Å². The molecule has 0 aromatic heterocycles. The fraction of sp³-hybridized carbons (Fsp3) is 0.474. The first kappa shape index (κ1) is 34.1. The van der Waals surface area contributed by atoms with Crippen LogP contribution in [-0.4, -0.2) is 29.7 Å². The van der Waals surface area contributed by atoms with E-state index < -0.39 is 0 Å². The summed E-state index contributed by atoms with van der Waals surface area (Å²) in [5.74, 6) is 0.644. The van der Waals surface area contributed by atoms with Crippen molar-refractivity contribution < 1.29 is 10.2 Å². The number of nitrogens with zero attached hydrogens (tertiary/aromatic N) is 2. The summed E-state index contributed by atoms with van der Waals surface area (Å²) in [7, 11) is 1.93. The van der Waals surface area contributed by atoms with E-state index in [1.165, 1.54) is 11.1 Å². The molecule has 0 fully saturated rings. The van der Waals surface area contributed by atoms with Gasteiger partial charge < -0.3 is 15.5 Å². The van der Waals surface area contributed by atoms with E-state index in [-0.39, 0.29) is 0 Å². The Hall–Kier alpha value is -3.44. The predicted molar refractivity (Wildman–Crippen MR) is 184 cm³/mol. The number of aryl methyl sites for hydroxylation is 4. The molecule has 3 aromatic carbocycles. The molecule has 0 aliphatic carbocycles. The van der Waals surface area contributed by atoms with Crippen LogP contribution in [0, 0.1) is 0 Å². The van der Waals surface area contributed by atoms with E-state index in [0.29, 0.717) is 18.0 Å². The van der Waals surface area contributed by atoms with Crippen molar-refractivity contribution in [2.45, 2.75) is 111 Å². The number of benzene rings is 3. The van der Waals surface area contributed by atoms with Gasteiger partial charge in [-0.25, -0.2) is 0 Å². The Balaban J connectivity index is 2.03. The lowest BCUT2D eigenvalue weighted by Crippen LogP contribution is -2.04. The van der Waals surface area contributed by atoms with Gasteiger partial charge in [0, 0.05) is 30.1 Å². The average Bonchev–Trinajstić information content (AvgIpc) is 3.01. The number of nitrogens with one attached hydrogen (secondary N) is 1. The molecule has 0 amide bonds. The number of rotatable bonds is 18. The predicted octanol–water partition coefficient (Wildman–Crippen LogP) is 9.69. The van der Waals surface area contributed by atoms with Gasteiger partial charge in [0.25, 0.3) is 0 Å². The maximum atomic E-state index is 11.2. The Kier molecular flexibility index (Phi) is 14.5. The lowest BCUT2D eigenvalue weighted by molar-refractivity contribution is 0.465. The molecule has 0 saturated heterocycles. The monoisotopic (exact) mass is 583 g/mol. The van der Waals surface area contributed by atoms with Crippen LogP contribution in [0.2, 0.25) is 0 Å². The summed E-state index contributed by atoms with van der Waals surface area (Å²) in [6, 6.07) is 14.5. The Bertz CT molecular complexity index is 1360. The molecule has 0 bridgehead atoms. The van der Waals surface area contributed by atoms with Crippen molar-refractivity contribution in [3.63, 3.8) is 0 Å². The number of hydrogen-bond donors (Lipinski definition) is 3. The van der Waals surface area contributed by atoms with Gasteiger partial charge >= 0.3 is 0 Å². The van der Waals surface area contributed by atoms with Crippen LogP contribution in [0.5, 0.6) is 11.5 Å². The fourth-order valence-corrected chi connectivity index (χ4v) is 5.31. The largest absolute Gasteiger partial charge is 0.507 e. The van der Waals surface area contributed by atoms with Crippen LogP contribution < -0.4 is 5.32 Å². The normalized spacial score (nSPS) is 11.7. The highest BCUT2D eigenvalue weighted by molar-refractivity contribution is 5.90. The number of aromatic hydroxyl groups is 2. The lowest BCUT2D eigenvalue weighted by atomic mass is 9.97. The molecule has 3 aromatic rings. The van der Waals surface area contributed by atoms with E-state index in [9.17, 15) is 10.2 Å². The Morgan fingerprint density at radius 1 is 0.581 bits per heavy atom. The molecule has 5 nitrogen and oxygen atoms in total. The summed E-state index contributed by atoms with van der Waals surface area (Å²) in [6.45, 7) is 9.47. The number of phenolic OH excluding ortho intramolecular Hbond substituents is 2. The van der Waals surface area contributed by atoms with Gasteiger partial charge in [0.2, 0.25) is 0 Å². The molecule has 3 rings (SSSR count). The minimum atomic E-state index is 0.322. The lowest BCUT2D eigenvalue weighted by Gasteiger charge is -2.12. The van der Waals surface area contributed by atoms with Crippen molar-refractivity contribution in [1.82, 2.24) is 5.32 Å². The van der Waals surface area contributed by atoms with Crippen molar-refractivity contribution in [2.75, 3.05) is 7.05 Å². The Labute approximate surface area is 260 Å². The van der Waals surface area contributed by atoms with Crippen molar-refractivity contribution in [3.05, 3.63) is 81.4 Å². The summed E-state index contributed by atoms with van der Waals surface area (Å²) in [5.41, 5.74) is 8.52. The summed E-state index contributed by atoms with van der Waals surface area (Å²) >= 11 is 0. The number of hydrogen-bond acceptors (Lipinski definition) is 5. The summed E-state index contributed by atoms with van der Waals surface area (Å²) in [6.07, 6.45) is 16.0. The maximum Gasteiger partial charge on any atom is 0.127 e. The van der Waals surface area contributed by atoms with Crippen molar-refractivity contribution in [1.29, 1.82) is 0 Å². The fourth-order valence-electron chi connectivity index (χ4n) is 5.31. The van der Waals surface area contributed by atoms with Gasteiger partial charge in [0.15, 0.2) is 0 Å². The van der Waals surface area contributed by atoms with Crippen LogP contribution in [0.15, 0.2) is 52.4 Å². The van der Waals surface area contributed by atoms with E-state index in [4.69, 9.17) is 9.98 Å². The van der Waals surface area contributed by atoms with Gasteiger partial charge in [-0.2, -0.15) is 0 Å². The first-order chi connectivity index (χ1) is 20.9. The zero-order valence-corrected chi connectivity index (χ0v) is 27.2. The molecular formula is C38H53N3O2. The van der Waals surface area contributed by atoms with Crippen LogP contribution in [0.4, 0.5) is 11.4 Å². The number of aliphatic imine (C=N–C) groups is 2. The molecule has 0 aliphatic rings. The third-order valence-electron chi connectivity index (χ3n) is 7.90. The highest BCUT2D eigenvalue weighted by Crippen LogP contribution is 2.32. The van der Waals surface area contributed by atoms with E-state index in [2.05, 4.69) is 63.3 Å². The van der Waals surface area contributed by atoms with Crippen LogP contribution in [0.3, 0.4) is 0 Å². The van der Waals surface area contributed by atoms with Crippen LogP contribution in [0.1, 0.15) is 118 Å². The standard InChI is InChI=1S/C38H53N3O2/c1-6-10-14-28-20-31(16-12-8-3)37(42)33(22-28)26-40-35-19-18-30(25-39-5)24-36(35)41-27-34-23-29(15-11-7-2)21-32(38(34)43)17-13-9-4/h18-24,26-27,39,42-43H,6-17,25H2,1-5H3. The Morgan fingerprint density at radius 2 is 1.05 bits per heavy atom. The maximum absolute atomic E-state index is 11.2. The van der Waals surface area contributed by atoms with Gasteiger partial charge in [0.1, 0.15) is 11.5 Å². The van der Waals surface area contributed by atoms with Gasteiger partial charge in [0.05, 0.1) is 11.4 Å². The minimum absolute atomic E-state index is 0.322. The third kappa shape index (κ3) is 10.4. The minimum Gasteiger partial charge on any atom is -0.507 e. The smallest absolute Gasteiger partial charge is 0.127 e. The summed E-state index contributed by atoms with van der Waals surface area (Å²) in [5, 5.41) is 25.5. The second-order valence-electron chi connectivity index (χ2n) is 11.7. The van der Waals surface area contributed by atoms with Crippen molar-refractivity contribution in [2.24, 2.45) is 9.98 Å². The highest BCUT2D eigenvalue weighted by atomic mass is 16.3. The molecule has 0 spiro atoms. The molecule has 0 radical (unpaired) electrons. The number of phenols is 2. The van der Waals surface area contributed by atoms with Crippen LogP contribution in [0.25, 0.3) is 0 Å². The first-order valence-electron chi connectivity index (χ1n) is 16.5. The molecule has 0 heterocycles. The SMILES string of the molecule is CCCCc1cc(C=Nc2ccc(CNC)cc2N=Cc2cc(CCCC)cc(CCCC)c2O)c(O)c(CCCC)c1. The van der Waals surface area contributed by atoms with Crippen LogP contribution in [-0.2, 0) is 32.2 Å². The molecule has 0 atom stereocenters. The molecule has 5 heteroatoms. The molecule has 3 N–H and O–H groups in total. The van der Waals surface area contributed by atoms with E-state index in [1.807, 2.05) is 19.2 Å². The zero-order chi connectivity index (χ0) is 31.0.